The normalized spacial score (nSPS) is 13.5. The zero-order chi connectivity index (χ0) is 7.98. The fourth-order valence-corrected chi connectivity index (χ4v) is 0.620. The third-order valence-electron chi connectivity index (χ3n) is 0.931. The van der Waals surface area contributed by atoms with Crippen molar-refractivity contribution in [3.8, 4) is 0 Å². The minimum Gasteiger partial charge on any atom is -0.386 e. The van der Waals surface area contributed by atoms with Gasteiger partial charge in [-0.1, -0.05) is 22.6 Å². The molecule has 0 atom stereocenters. The number of rotatable bonds is 3. The van der Waals surface area contributed by atoms with Crippen LogP contribution in [0.1, 0.15) is 6.92 Å². The maximum absolute atomic E-state index is 5.49. The second-order valence-corrected chi connectivity index (χ2v) is 2.42. The predicted octanol–water partition coefficient (Wildman–Crippen LogP) is 0.859. The molecule has 0 aromatic heterocycles. The maximum atomic E-state index is 5.49. The molecule has 0 amide bonds. The molecule has 0 aliphatic carbocycles. The van der Waals surface area contributed by atoms with E-state index in [1.165, 1.54) is 0 Å². The summed E-state index contributed by atoms with van der Waals surface area (Å²) in [6, 6.07) is 0. The zero-order valence-corrected chi connectivity index (χ0v) is 8.34. The number of aliphatic imine (C=N–C) groups is 1. The SMILES string of the molecule is C/C=C(/N=C(N)CI)NC. The lowest BCUT2D eigenvalue weighted by Crippen LogP contribution is -2.15. The Hall–Kier alpha value is -0.260. The molecule has 0 fully saturated rings. The first-order valence-corrected chi connectivity index (χ1v) is 4.50. The summed E-state index contributed by atoms with van der Waals surface area (Å²) < 4.78 is 0.761. The summed E-state index contributed by atoms with van der Waals surface area (Å²) in [5.41, 5.74) is 5.49. The second kappa shape index (κ2) is 5.52. The summed E-state index contributed by atoms with van der Waals surface area (Å²) in [6.45, 7) is 1.91. The van der Waals surface area contributed by atoms with Gasteiger partial charge in [-0.05, 0) is 13.0 Å². The van der Waals surface area contributed by atoms with Crippen LogP contribution in [0.2, 0.25) is 0 Å². The van der Waals surface area contributed by atoms with Gasteiger partial charge in [-0.25, -0.2) is 4.99 Å². The van der Waals surface area contributed by atoms with Gasteiger partial charge < -0.3 is 11.1 Å². The first-order valence-electron chi connectivity index (χ1n) is 2.97. The Morgan fingerprint density at radius 3 is 2.70 bits per heavy atom. The Balaban J connectivity index is 4.08. The van der Waals surface area contributed by atoms with E-state index in [1.54, 1.807) is 0 Å². The molecule has 0 aliphatic heterocycles. The highest BCUT2D eigenvalue weighted by molar-refractivity contribution is 14.1. The van der Waals surface area contributed by atoms with Crippen molar-refractivity contribution in [2.75, 3.05) is 11.5 Å². The number of nitrogens with zero attached hydrogens (tertiary/aromatic N) is 1. The molecule has 58 valence electrons. The number of hydrogen-bond acceptors (Lipinski definition) is 2. The molecule has 0 rings (SSSR count). The highest BCUT2D eigenvalue weighted by atomic mass is 127. The smallest absolute Gasteiger partial charge is 0.123 e. The Labute approximate surface area is 74.9 Å². The first-order chi connectivity index (χ1) is 4.74. The number of nitrogens with two attached hydrogens (primary N) is 1. The van der Waals surface area contributed by atoms with Crippen LogP contribution in [-0.2, 0) is 0 Å². The standard InChI is InChI=1S/C6H12IN3/c1-3-6(9-2)10-5(8)4-7/h3,9H,4H2,1-2H3,(H2,8,10)/b6-3+. The quantitative estimate of drug-likeness (QED) is 0.339. The van der Waals surface area contributed by atoms with Gasteiger partial charge in [-0.3, -0.25) is 0 Å². The molecule has 3 nitrogen and oxygen atoms in total. The molecule has 0 heterocycles. The molecule has 0 saturated carbocycles. The van der Waals surface area contributed by atoms with Gasteiger partial charge in [-0.2, -0.15) is 0 Å². The van der Waals surface area contributed by atoms with Crippen LogP contribution >= 0.6 is 22.6 Å². The van der Waals surface area contributed by atoms with E-state index in [0.29, 0.717) is 5.84 Å². The largest absolute Gasteiger partial charge is 0.386 e. The van der Waals surface area contributed by atoms with Gasteiger partial charge in [-0.15, -0.1) is 0 Å². The summed E-state index contributed by atoms with van der Waals surface area (Å²) in [5, 5.41) is 2.91. The van der Waals surface area contributed by atoms with Crippen LogP contribution in [0.15, 0.2) is 16.9 Å². The van der Waals surface area contributed by atoms with Crippen molar-refractivity contribution in [3.05, 3.63) is 11.9 Å². The molecule has 0 unspecified atom stereocenters. The second-order valence-electron chi connectivity index (χ2n) is 1.66. The van der Waals surface area contributed by atoms with Gasteiger partial charge in [0, 0.05) is 7.05 Å². The first kappa shape index (κ1) is 9.74. The molecule has 0 aliphatic rings. The Morgan fingerprint density at radius 1 is 1.80 bits per heavy atom. The van der Waals surface area contributed by atoms with E-state index in [1.807, 2.05) is 20.0 Å². The molecule has 0 radical (unpaired) electrons. The minimum absolute atomic E-state index is 0.642. The number of allylic oxidation sites excluding steroid dienone is 1. The Bertz CT molecular complexity index is 151. The highest BCUT2D eigenvalue weighted by Crippen LogP contribution is 1.90. The van der Waals surface area contributed by atoms with Gasteiger partial charge in [0.05, 0.1) is 4.43 Å². The van der Waals surface area contributed by atoms with Crippen LogP contribution in [0.4, 0.5) is 0 Å². The van der Waals surface area contributed by atoms with Crippen molar-refractivity contribution in [2.24, 2.45) is 10.7 Å². The maximum Gasteiger partial charge on any atom is 0.123 e. The molecule has 0 aromatic rings. The van der Waals surface area contributed by atoms with Gasteiger partial charge in [0.1, 0.15) is 11.7 Å². The fraction of sp³-hybridized carbons (Fsp3) is 0.500. The van der Waals surface area contributed by atoms with Gasteiger partial charge >= 0.3 is 0 Å². The molecular formula is C6H12IN3. The third-order valence-corrected chi connectivity index (χ3v) is 1.71. The van der Waals surface area contributed by atoms with Gasteiger partial charge in [0.15, 0.2) is 0 Å². The molecule has 0 saturated heterocycles. The van der Waals surface area contributed by atoms with E-state index in [4.69, 9.17) is 5.73 Å². The lowest BCUT2D eigenvalue weighted by atomic mass is 10.6. The molecule has 0 aromatic carbocycles. The lowest BCUT2D eigenvalue weighted by Gasteiger charge is -1.99. The van der Waals surface area contributed by atoms with Crippen molar-refractivity contribution >= 4 is 28.4 Å². The molecular weight excluding hydrogens is 241 g/mol. The van der Waals surface area contributed by atoms with Crippen LogP contribution in [0, 0.1) is 0 Å². The van der Waals surface area contributed by atoms with E-state index in [0.717, 1.165) is 10.2 Å². The topological polar surface area (TPSA) is 50.4 Å². The average Bonchev–Trinajstić information content (AvgIpc) is 1.99. The molecule has 4 heteroatoms. The molecule has 3 N–H and O–H groups in total. The summed E-state index contributed by atoms with van der Waals surface area (Å²) in [4.78, 5) is 4.07. The van der Waals surface area contributed by atoms with Crippen LogP contribution < -0.4 is 11.1 Å². The monoisotopic (exact) mass is 253 g/mol. The number of hydrogen-bond donors (Lipinski definition) is 2. The Kier molecular flexibility index (Phi) is 5.38. The number of halogens is 1. The van der Waals surface area contributed by atoms with Crippen LogP contribution in [0.3, 0.4) is 0 Å². The van der Waals surface area contributed by atoms with Crippen LogP contribution in [0.25, 0.3) is 0 Å². The Morgan fingerprint density at radius 2 is 2.40 bits per heavy atom. The third kappa shape index (κ3) is 3.71. The van der Waals surface area contributed by atoms with E-state index >= 15 is 0 Å². The van der Waals surface area contributed by atoms with E-state index in [9.17, 15) is 0 Å². The predicted molar refractivity (Wildman–Crippen MR) is 53.3 cm³/mol. The number of nitrogens with one attached hydrogen (secondary N) is 1. The summed E-state index contributed by atoms with van der Waals surface area (Å²) in [5.74, 6) is 1.46. The molecule has 10 heavy (non-hydrogen) atoms. The van der Waals surface area contributed by atoms with Crippen molar-refractivity contribution < 1.29 is 0 Å². The van der Waals surface area contributed by atoms with Crippen molar-refractivity contribution in [1.82, 2.24) is 5.32 Å². The lowest BCUT2D eigenvalue weighted by molar-refractivity contribution is 0.958. The minimum atomic E-state index is 0.642. The summed E-state index contributed by atoms with van der Waals surface area (Å²) in [6.07, 6.45) is 1.87. The van der Waals surface area contributed by atoms with Gasteiger partial charge in [0.25, 0.3) is 0 Å². The van der Waals surface area contributed by atoms with Gasteiger partial charge in [0.2, 0.25) is 0 Å². The number of amidine groups is 1. The van der Waals surface area contributed by atoms with E-state index in [-0.39, 0.29) is 0 Å². The van der Waals surface area contributed by atoms with E-state index in [2.05, 4.69) is 32.9 Å². The van der Waals surface area contributed by atoms with E-state index < -0.39 is 0 Å². The fourth-order valence-electron chi connectivity index (χ4n) is 0.449. The zero-order valence-electron chi connectivity index (χ0n) is 6.19. The summed E-state index contributed by atoms with van der Waals surface area (Å²) in [7, 11) is 1.82. The highest BCUT2D eigenvalue weighted by Gasteiger charge is 1.89. The van der Waals surface area contributed by atoms with Crippen LogP contribution in [0.5, 0.6) is 0 Å². The molecule has 0 bridgehead atoms. The van der Waals surface area contributed by atoms with Crippen molar-refractivity contribution in [2.45, 2.75) is 6.92 Å². The summed E-state index contributed by atoms with van der Waals surface area (Å²) >= 11 is 2.17. The van der Waals surface area contributed by atoms with Crippen LogP contribution in [-0.4, -0.2) is 17.3 Å². The average molecular weight is 253 g/mol. The number of alkyl halides is 1. The van der Waals surface area contributed by atoms with Crippen molar-refractivity contribution in [3.63, 3.8) is 0 Å². The molecule has 0 spiro atoms. The van der Waals surface area contributed by atoms with Crippen molar-refractivity contribution in [1.29, 1.82) is 0 Å².